The first-order valence-electron chi connectivity index (χ1n) is 12.3. The van der Waals surface area contributed by atoms with Crippen molar-refractivity contribution in [3.8, 4) is 11.4 Å². The Morgan fingerprint density at radius 2 is 1.63 bits per heavy atom. The van der Waals surface area contributed by atoms with E-state index in [1.54, 1.807) is 6.33 Å². The Labute approximate surface area is 205 Å². The molecule has 2 aliphatic rings. The van der Waals surface area contributed by atoms with Crippen molar-refractivity contribution in [3.63, 3.8) is 0 Å². The molecule has 174 valence electrons. The Morgan fingerprint density at radius 1 is 0.886 bits per heavy atom. The van der Waals surface area contributed by atoms with Crippen LogP contribution in [0, 0.1) is 0 Å². The Hall–Kier alpha value is -3.77. The predicted octanol–water partition coefficient (Wildman–Crippen LogP) is 5.68. The van der Waals surface area contributed by atoms with Crippen LogP contribution in [0.3, 0.4) is 0 Å². The maximum absolute atomic E-state index is 6.59. The van der Waals surface area contributed by atoms with Gasteiger partial charge in [-0.15, -0.1) is 0 Å². The van der Waals surface area contributed by atoms with Crippen molar-refractivity contribution in [2.75, 3.05) is 0 Å². The summed E-state index contributed by atoms with van der Waals surface area (Å²) in [6, 6.07) is 19.0. The maximum Gasteiger partial charge on any atom is 0.159 e. The summed E-state index contributed by atoms with van der Waals surface area (Å²) in [7, 11) is 0. The van der Waals surface area contributed by atoms with Gasteiger partial charge in [-0.25, -0.2) is 24.9 Å². The second-order valence-electron chi connectivity index (χ2n) is 9.75. The third-order valence-electron chi connectivity index (χ3n) is 7.59. The minimum atomic E-state index is -0.161. The van der Waals surface area contributed by atoms with Crippen molar-refractivity contribution in [2.45, 2.75) is 50.0 Å². The molecule has 2 atom stereocenters. The van der Waals surface area contributed by atoms with Gasteiger partial charge >= 0.3 is 0 Å². The number of nitrogens with two attached hydrogens (primary N) is 1. The molecule has 3 heterocycles. The molecule has 0 amide bonds. The molecule has 4 aromatic rings. The van der Waals surface area contributed by atoms with Crippen LogP contribution in [-0.2, 0) is 5.54 Å². The molecule has 0 bridgehead atoms. The molecule has 0 spiro atoms. The lowest BCUT2D eigenvalue weighted by molar-refractivity contribution is 0.253. The zero-order chi connectivity index (χ0) is 23.8. The smallest absolute Gasteiger partial charge is 0.159 e. The highest BCUT2D eigenvalue weighted by atomic mass is 14.9. The fraction of sp³-hybridized carbons (Fsp3) is 0.276. The van der Waals surface area contributed by atoms with Crippen LogP contribution in [0.4, 0.5) is 5.69 Å². The molecule has 0 saturated heterocycles. The molecule has 1 aliphatic carbocycles. The van der Waals surface area contributed by atoms with Gasteiger partial charge in [-0.3, -0.25) is 0 Å². The average Bonchev–Trinajstić information content (AvgIpc) is 3.04. The van der Waals surface area contributed by atoms with Crippen LogP contribution in [0.5, 0.6) is 0 Å². The topological polar surface area (TPSA) is 89.9 Å². The van der Waals surface area contributed by atoms with E-state index in [1.807, 2.05) is 48.9 Å². The van der Waals surface area contributed by atoms with Crippen LogP contribution in [-0.4, -0.2) is 25.6 Å². The summed E-state index contributed by atoms with van der Waals surface area (Å²) in [4.78, 5) is 23.2. The fourth-order valence-electron chi connectivity index (χ4n) is 5.25. The van der Waals surface area contributed by atoms with Crippen molar-refractivity contribution in [1.82, 2.24) is 19.9 Å². The van der Waals surface area contributed by atoms with E-state index in [2.05, 4.69) is 46.1 Å². The van der Waals surface area contributed by atoms with E-state index >= 15 is 0 Å². The van der Waals surface area contributed by atoms with Gasteiger partial charge in [-0.05, 0) is 42.7 Å². The van der Waals surface area contributed by atoms with Gasteiger partial charge in [0.15, 0.2) is 5.82 Å². The Bertz CT molecular complexity index is 1360. The number of benzene rings is 2. The van der Waals surface area contributed by atoms with E-state index in [-0.39, 0.29) is 17.4 Å². The molecule has 1 fully saturated rings. The molecule has 1 saturated carbocycles. The SMILES string of the molecule is CC1c2nc(-c3ccccc3)ncc2N=C(c2cncnc2)CC1c1ccc(C2(N)CCC2)cc1. The van der Waals surface area contributed by atoms with Gasteiger partial charge in [-0.1, -0.05) is 61.5 Å². The standard InChI is InChI=1S/C29H28N6/c1-19-24(20-8-10-23(11-9-20)29(30)12-5-13-29)14-25(22-15-31-18-32-16-22)34-26-17-33-28(35-27(19)26)21-6-3-2-4-7-21/h2-4,6-11,15-19,24H,5,12-14,30H2,1H3. The fourth-order valence-corrected chi connectivity index (χ4v) is 5.25. The minimum Gasteiger partial charge on any atom is -0.321 e. The second kappa shape index (κ2) is 8.78. The molecule has 6 rings (SSSR count). The highest BCUT2D eigenvalue weighted by molar-refractivity contribution is 6.02. The Kier molecular flexibility index (Phi) is 5.46. The molecule has 2 N–H and O–H groups in total. The van der Waals surface area contributed by atoms with E-state index in [9.17, 15) is 0 Å². The van der Waals surface area contributed by atoms with Gasteiger partial charge < -0.3 is 5.73 Å². The van der Waals surface area contributed by atoms with Crippen LogP contribution in [0.25, 0.3) is 11.4 Å². The average molecular weight is 461 g/mol. The molecule has 2 aromatic heterocycles. The molecule has 0 radical (unpaired) electrons. The normalized spacial score (nSPS) is 20.8. The quantitative estimate of drug-likeness (QED) is 0.423. The number of aromatic nitrogens is 4. The third-order valence-corrected chi connectivity index (χ3v) is 7.59. The summed E-state index contributed by atoms with van der Waals surface area (Å²) in [6.45, 7) is 2.25. The molecule has 6 nitrogen and oxygen atoms in total. The van der Waals surface area contributed by atoms with Crippen LogP contribution in [0.15, 0.2) is 84.5 Å². The minimum absolute atomic E-state index is 0.141. The zero-order valence-electron chi connectivity index (χ0n) is 19.8. The van der Waals surface area contributed by atoms with Crippen LogP contribution < -0.4 is 5.73 Å². The lowest BCUT2D eigenvalue weighted by atomic mass is 9.72. The monoisotopic (exact) mass is 460 g/mol. The molecular formula is C29H28N6. The van der Waals surface area contributed by atoms with E-state index in [4.69, 9.17) is 15.7 Å². The summed E-state index contributed by atoms with van der Waals surface area (Å²) in [5.41, 5.74) is 13.6. The highest BCUT2D eigenvalue weighted by Crippen LogP contribution is 2.44. The summed E-state index contributed by atoms with van der Waals surface area (Å²) >= 11 is 0. The van der Waals surface area contributed by atoms with Crippen molar-refractivity contribution in [3.05, 3.63) is 102 Å². The largest absolute Gasteiger partial charge is 0.321 e. The summed E-state index contributed by atoms with van der Waals surface area (Å²) in [5, 5.41) is 0. The first-order valence-corrected chi connectivity index (χ1v) is 12.3. The molecule has 2 unspecified atom stereocenters. The van der Waals surface area contributed by atoms with Crippen molar-refractivity contribution in [1.29, 1.82) is 0 Å². The van der Waals surface area contributed by atoms with Crippen molar-refractivity contribution in [2.24, 2.45) is 10.7 Å². The van der Waals surface area contributed by atoms with E-state index in [0.717, 1.165) is 53.3 Å². The van der Waals surface area contributed by atoms with Crippen LogP contribution in [0.2, 0.25) is 0 Å². The number of fused-ring (bicyclic) bond motifs is 1. The summed E-state index contributed by atoms with van der Waals surface area (Å²) < 4.78 is 0. The number of hydrogen-bond acceptors (Lipinski definition) is 6. The molecule has 2 aromatic carbocycles. The highest BCUT2D eigenvalue weighted by Gasteiger charge is 2.35. The van der Waals surface area contributed by atoms with Crippen LogP contribution >= 0.6 is 0 Å². The number of rotatable bonds is 4. The number of nitrogens with zero attached hydrogens (tertiary/aromatic N) is 5. The lowest BCUT2D eigenvalue weighted by Crippen LogP contribution is -2.43. The van der Waals surface area contributed by atoms with E-state index in [1.165, 1.54) is 17.5 Å². The molecular weight excluding hydrogens is 432 g/mol. The van der Waals surface area contributed by atoms with Crippen molar-refractivity contribution >= 4 is 11.4 Å². The van der Waals surface area contributed by atoms with Crippen LogP contribution in [0.1, 0.15) is 66.8 Å². The second-order valence-corrected chi connectivity index (χ2v) is 9.75. The van der Waals surface area contributed by atoms with Gasteiger partial charge in [0.05, 0.1) is 17.6 Å². The molecule has 1 aliphatic heterocycles. The van der Waals surface area contributed by atoms with E-state index in [0.29, 0.717) is 0 Å². The van der Waals surface area contributed by atoms with Gasteiger partial charge in [-0.2, -0.15) is 0 Å². The zero-order valence-corrected chi connectivity index (χ0v) is 19.8. The van der Waals surface area contributed by atoms with Crippen molar-refractivity contribution < 1.29 is 0 Å². The molecule has 35 heavy (non-hydrogen) atoms. The number of aliphatic imine (C=N–C) groups is 1. The van der Waals surface area contributed by atoms with Gasteiger partial charge in [0, 0.05) is 35.0 Å². The van der Waals surface area contributed by atoms with Gasteiger partial charge in [0.1, 0.15) is 12.0 Å². The van der Waals surface area contributed by atoms with E-state index < -0.39 is 0 Å². The Morgan fingerprint density at radius 3 is 2.31 bits per heavy atom. The summed E-state index contributed by atoms with van der Waals surface area (Å²) in [5.74, 6) is 1.06. The third kappa shape index (κ3) is 4.04. The maximum atomic E-state index is 6.59. The van der Waals surface area contributed by atoms with Gasteiger partial charge in [0.25, 0.3) is 0 Å². The number of hydrogen-bond donors (Lipinski definition) is 1. The Balaban J connectivity index is 1.44. The van der Waals surface area contributed by atoms with Gasteiger partial charge in [0.2, 0.25) is 0 Å². The predicted molar refractivity (Wildman–Crippen MR) is 138 cm³/mol. The lowest BCUT2D eigenvalue weighted by Gasteiger charge is -2.38. The molecule has 6 heteroatoms. The summed E-state index contributed by atoms with van der Waals surface area (Å²) in [6.07, 6.45) is 11.1. The first-order chi connectivity index (χ1) is 17.1. The first kappa shape index (κ1) is 21.7.